The molecule has 0 aliphatic carbocycles. The topological polar surface area (TPSA) is 59.4 Å². The minimum Gasteiger partial charge on any atom is -0.497 e. The van der Waals surface area contributed by atoms with Crippen LogP contribution in [0.25, 0.3) is 5.69 Å². The summed E-state index contributed by atoms with van der Waals surface area (Å²) in [6, 6.07) is 25.0. The number of carbonyl (C=O) groups is 1. The first kappa shape index (κ1) is 18.0. The van der Waals surface area contributed by atoms with Crippen LogP contribution in [0.4, 0.5) is 11.4 Å². The van der Waals surface area contributed by atoms with Gasteiger partial charge in [0.05, 0.1) is 18.4 Å². The number of nitrogens with one attached hydrogen (secondary N) is 1. The maximum atomic E-state index is 13.4. The van der Waals surface area contributed by atoms with Crippen molar-refractivity contribution in [2.45, 2.75) is 6.17 Å². The summed E-state index contributed by atoms with van der Waals surface area (Å²) in [7, 11) is 1.63. The lowest BCUT2D eigenvalue weighted by Crippen LogP contribution is -2.43. The highest BCUT2D eigenvalue weighted by Gasteiger charge is 2.34. The van der Waals surface area contributed by atoms with Gasteiger partial charge in [-0.1, -0.05) is 24.3 Å². The number of ether oxygens (including phenoxy) is 1. The number of rotatable bonds is 4. The summed E-state index contributed by atoms with van der Waals surface area (Å²) in [5.41, 5.74) is 4.21. The van der Waals surface area contributed by atoms with Gasteiger partial charge in [0.15, 0.2) is 0 Å². The summed E-state index contributed by atoms with van der Waals surface area (Å²) in [5, 5.41) is 7.80. The highest BCUT2D eigenvalue weighted by molar-refractivity contribution is 6.12. The first-order chi connectivity index (χ1) is 14.7. The lowest BCUT2D eigenvalue weighted by Gasteiger charge is -2.38. The molecule has 30 heavy (non-hydrogen) atoms. The molecule has 1 N–H and O–H groups in total. The number of amides is 1. The van der Waals surface area contributed by atoms with Crippen LogP contribution in [-0.2, 0) is 0 Å². The third-order valence-electron chi connectivity index (χ3n) is 5.26. The third-order valence-corrected chi connectivity index (χ3v) is 5.26. The van der Waals surface area contributed by atoms with Gasteiger partial charge in [0.1, 0.15) is 11.9 Å². The summed E-state index contributed by atoms with van der Waals surface area (Å²) in [6.45, 7) is 0. The monoisotopic (exact) mass is 396 g/mol. The lowest BCUT2D eigenvalue weighted by molar-refractivity contribution is 0.0975. The first-order valence-corrected chi connectivity index (χ1v) is 9.68. The van der Waals surface area contributed by atoms with Crippen LogP contribution in [-0.4, -0.2) is 22.8 Å². The van der Waals surface area contributed by atoms with Gasteiger partial charge in [0.25, 0.3) is 5.91 Å². The number of hydrogen-bond donors (Lipinski definition) is 1. The SMILES string of the molecule is COc1ccc(N2C(=O)c3ccccc3NC2c2ccc(-n3cccn3)cc2)cc1. The van der Waals surface area contributed by atoms with Crippen molar-refractivity contribution in [3.8, 4) is 11.4 Å². The average Bonchev–Trinajstić information content (AvgIpc) is 3.34. The fraction of sp³-hybridized carbons (Fsp3) is 0.0833. The van der Waals surface area contributed by atoms with E-state index < -0.39 is 0 Å². The molecule has 0 fully saturated rings. The smallest absolute Gasteiger partial charge is 0.262 e. The van der Waals surface area contributed by atoms with Gasteiger partial charge in [-0.15, -0.1) is 0 Å². The molecule has 4 aromatic rings. The quantitative estimate of drug-likeness (QED) is 0.545. The van der Waals surface area contributed by atoms with Crippen LogP contribution >= 0.6 is 0 Å². The number of fused-ring (bicyclic) bond motifs is 1. The molecule has 0 radical (unpaired) electrons. The predicted molar refractivity (Wildman–Crippen MR) is 116 cm³/mol. The van der Waals surface area contributed by atoms with Gasteiger partial charge in [0.2, 0.25) is 0 Å². The van der Waals surface area contributed by atoms with Crippen molar-refractivity contribution in [3.05, 3.63) is 102 Å². The largest absolute Gasteiger partial charge is 0.497 e. The molecule has 6 heteroatoms. The number of carbonyl (C=O) groups excluding carboxylic acids is 1. The van der Waals surface area contributed by atoms with Crippen molar-refractivity contribution >= 4 is 17.3 Å². The van der Waals surface area contributed by atoms with Crippen LogP contribution in [0, 0.1) is 0 Å². The Kier molecular flexibility index (Phi) is 4.44. The van der Waals surface area contributed by atoms with E-state index in [1.807, 2.05) is 85.1 Å². The standard InChI is InChI=1S/C24H20N4O2/c1-30-20-13-11-19(12-14-20)28-23(26-22-6-3-2-5-21(22)24(28)29)17-7-9-18(10-8-17)27-16-4-15-25-27/h2-16,23,26H,1H3. The molecule has 1 aliphatic heterocycles. The Morgan fingerprint density at radius 2 is 1.63 bits per heavy atom. The number of anilines is 2. The van der Waals surface area contributed by atoms with Gasteiger partial charge in [-0.05, 0) is 60.2 Å². The number of hydrogen-bond acceptors (Lipinski definition) is 4. The maximum Gasteiger partial charge on any atom is 0.262 e. The number of para-hydroxylation sites is 1. The molecule has 148 valence electrons. The Balaban J connectivity index is 1.57. The van der Waals surface area contributed by atoms with Gasteiger partial charge >= 0.3 is 0 Å². The molecule has 2 heterocycles. The van der Waals surface area contributed by atoms with Crippen LogP contribution in [0.5, 0.6) is 5.75 Å². The maximum absolute atomic E-state index is 13.4. The van der Waals surface area contributed by atoms with Crippen LogP contribution in [0.1, 0.15) is 22.1 Å². The van der Waals surface area contributed by atoms with E-state index >= 15 is 0 Å². The summed E-state index contributed by atoms with van der Waals surface area (Å²) >= 11 is 0. The second kappa shape index (κ2) is 7.40. The summed E-state index contributed by atoms with van der Waals surface area (Å²) in [4.78, 5) is 15.2. The molecule has 1 aliphatic rings. The van der Waals surface area contributed by atoms with E-state index in [2.05, 4.69) is 10.4 Å². The van der Waals surface area contributed by atoms with Crippen molar-refractivity contribution in [1.82, 2.24) is 9.78 Å². The molecular formula is C24H20N4O2. The van der Waals surface area contributed by atoms with Gasteiger partial charge in [-0.3, -0.25) is 9.69 Å². The van der Waals surface area contributed by atoms with Crippen molar-refractivity contribution in [1.29, 1.82) is 0 Å². The third kappa shape index (κ3) is 3.08. The second-order valence-electron chi connectivity index (χ2n) is 7.01. The summed E-state index contributed by atoms with van der Waals surface area (Å²) in [6.07, 6.45) is 3.31. The van der Waals surface area contributed by atoms with Crippen molar-refractivity contribution < 1.29 is 9.53 Å². The molecule has 5 rings (SSSR count). The van der Waals surface area contributed by atoms with E-state index in [1.54, 1.807) is 22.9 Å². The zero-order valence-corrected chi connectivity index (χ0v) is 16.4. The predicted octanol–water partition coefficient (Wildman–Crippen LogP) is 4.65. The number of methoxy groups -OCH3 is 1. The van der Waals surface area contributed by atoms with E-state index in [9.17, 15) is 4.79 Å². The minimum absolute atomic E-state index is 0.0457. The molecule has 0 saturated heterocycles. The highest BCUT2D eigenvalue weighted by Crippen LogP contribution is 2.37. The molecule has 6 nitrogen and oxygen atoms in total. The highest BCUT2D eigenvalue weighted by atomic mass is 16.5. The lowest BCUT2D eigenvalue weighted by atomic mass is 10.0. The normalized spacial score (nSPS) is 15.4. The van der Waals surface area contributed by atoms with E-state index in [0.717, 1.165) is 28.4 Å². The molecule has 0 spiro atoms. The summed E-state index contributed by atoms with van der Waals surface area (Å²) in [5.74, 6) is 0.701. The molecule has 0 saturated carbocycles. The molecule has 0 bridgehead atoms. The zero-order chi connectivity index (χ0) is 20.5. The molecule has 1 unspecified atom stereocenters. The number of benzene rings is 3. The Morgan fingerprint density at radius 1 is 0.900 bits per heavy atom. The molecule has 1 aromatic heterocycles. The summed E-state index contributed by atoms with van der Waals surface area (Å²) < 4.78 is 7.08. The van der Waals surface area contributed by atoms with Crippen molar-refractivity contribution in [3.63, 3.8) is 0 Å². The minimum atomic E-state index is -0.340. The molecule has 1 atom stereocenters. The Bertz CT molecular complexity index is 1170. The fourth-order valence-corrected chi connectivity index (χ4v) is 3.73. The van der Waals surface area contributed by atoms with Crippen molar-refractivity contribution in [2.75, 3.05) is 17.3 Å². The number of nitrogens with zero attached hydrogens (tertiary/aromatic N) is 3. The van der Waals surface area contributed by atoms with Gasteiger partial charge in [-0.25, -0.2) is 4.68 Å². The Hall–Kier alpha value is -4.06. The number of aromatic nitrogens is 2. The Labute approximate surface area is 174 Å². The van der Waals surface area contributed by atoms with Crippen LogP contribution in [0.2, 0.25) is 0 Å². The van der Waals surface area contributed by atoms with Crippen LogP contribution in [0.15, 0.2) is 91.3 Å². The fourth-order valence-electron chi connectivity index (χ4n) is 3.73. The van der Waals surface area contributed by atoms with Crippen molar-refractivity contribution in [2.24, 2.45) is 0 Å². The van der Waals surface area contributed by atoms with Gasteiger partial charge in [0, 0.05) is 23.8 Å². The van der Waals surface area contributed by atoms with Gasteiger partial charge < -0.3 is 10.1 Å². The van der Waals surface area contributed by atoms with Crippen LogP contribution < -0.4 is 15.0 Å². The van der Waals surface area contributed by atoms with E-state index in [1.165, 1.54) is 0 Å². The first-order valence-electron chi connectivity index (χ1n) is 9.68. The second-order valence-corrected chi connectivity index (χ2v) is 7.01. The van der Waals surface area contributed by atoms with E-state index in [-0.39, 0.29) is 12.1 Å². The zero-order valence-electron chi connectivity index (χ0n) is 16.4. The Morgan fingerprint density at radius 3 is 2.33 bits per heavy atom. The molecular weight excluding hydrogens is 376 g/mol. The van der Waals surface area contributed by atoms with E-state index in [0.29, 0.717) is 5.56 Å². The molecule has 1 amide bonds. The van der Waals surface area contributed by atoms with Gasteiger partial charge in [-0.2, -0.15) is 5.10 Å². The van der Waals surface area contributed by atoms with Crippen LogP contribution in [0.3, 0.4) is 0 Å². The molecule has 3 aromatic carbocycles. The average molecular weight is 396 g/mol. The van der Waals surface area contributed by atoms with E-state index in [4.69, 9.17) is 4.74 Å².